The molecule has 2 aliphatic heterocycles. The number of para-hydroxylation sites is 1. The minimum Gasteiger partial charge on any atom is -0.371 e. The molecular formula is C26H27NO. The molecule has 0 N–H and O–H groups in total. The Morgan fingerprint density at radius 3 is 2.32 bits per heavy atom. The van der Waals surface area contributed by atoms with Gasteiger partial charge in [-0.25, -0.2) is 0 Å². The maximum Gasteiger partial charge on any atom is 0.109 e. The van der Waals surface area contributed by atoms with E-state index in [-0.39, 0.29) is 11.7 Å². The predicted molar refractivity (Wildman–Crippen MR) is 115 cm³/mol. The van der Waals surface area contributed by atoms with E-state index < -0.39 is 0 Å². The lowest BCUT2D eigenvalue weighted by Gasteiger charge is -2.41. The quantitative estimate of drug-likeness (QED) is 0.573. The summed E-state index contributed by atoms with van der Waals surface area (Å²) in [6.07, 6.45) is 3.19. The zero-order chi connectivity index (χ0) is 19.0. The van der Waals surface area contributed by atoms with Crippen molar-refractivity contribution in [2.75, 3.05) is 18.0 Å². The summed E-state index contributed by atoms with van der Waals surface area (Å²) >= 11 is 0. The number of nitrogens with zero attached hydrogens (tertiary/aromatic N) is 1. The third kappa shape index (κ3) is 2.84. The van der Waals surface area contributed by atoms with Crippen LogP contribution in [0.1, 0.15) is 48.1 Å². The summed E-state index contributed by atoms with van der Waals surface area (Å²) in [5, 5.41) is 0. The van der Waals surface area contributed by atoms with Crippen LogP contribution in [0.25, 0.3) is 0 Å². The Kier molecular flexibility index (Phi) is 4.44. The molecule has 1 fully saturated rings. The van der Waals surface area contributed by atoms with E-state index in [9.17, 15) is 0 Å². The highest BCUT2D eigenvalue weighted by atomic mass is 16.5. The molecule has 0 amide bonds. The van der Waals surface area contributed by atoms with Crippen LogP contribution < -0.4 is 4.90 Å². The van der Waals surface area contributed by atoms with Crippen LogP contribution in [0.3, 0.4) is 0 Å². The van der Waals surface area contributed by atoms with Gasteiger partial charge in [-0.2, -0.15) is 0 Å². The van der Waals surface area contributed by atoms with Crippen molar-refractivity contribution in [3.63, 3.8) is 0 Å². The summed E-state index contributed by atoms with van der Waals surface area (Å²) in [4.78, 5) is 2.55. The Bertz CT molecular complexity index is 957. The molecule has 0 saturated carbocycles. The van der Waals surface area contributed by atoms with Crippen LogP contribution >= 0.6 is 0 Å². The highest BCUT2D eigenvalue weighted by Crippen LogP contribution is 2.51. The van der Waals surface area contributed by atoms with Gasteiger partial charge in [0.1, 0.15) is 6.10 Å². The molecule has 0 radical (unpaired) electrons. The van der Waals surface area contributed by atoms with Gasteiger partial charge in [0.05, 0.1) is 5.60 Å². The van der Waals surface area contributed by atoms with Gasteiger partial charge in [0, 0.05) is 18.8 Å². The van der Waals surface area contributed by atoms with Gasteiger partial charge in [-0.15, -0.1) is 0 Å². The lowest BCUT2D eigenvalue weighted by molar-refractivity contribution is -0.0764. The minimum atomic E-state index is -0.158. The number of aryl methyl sites for hydroxylation is 1. The molecule has 1 spiro atoms. The summed E-state index contributed by atoms with van der Waals surface area (Å²) in [5.74, 6) is 0. The summed E-state index contributed by atoms with van der Waals surface area (Å²) < 4.78 is 6.86. The second kappa shape index (κ2) is 7.10. The molecule has 5 rings (SSSR count). The van der Waals surface area contributed by atoms with Crippen molar-refractivity contribution in [3.8, 4) is 0 Å². The molecule has 2 nitrogen and oxygen atoms in total. The van der Waals surface area contributed by atoms with Crippen molar-refractivity contribution >= 4 is 5.69 Å². The first-order chi connectivity index (χ1) is 13.8. The van der Waals surface area contributed by atoms with E-state index in [1.165, 1.54) is 27.9 Å². The SMILES string of the molecule is CCc1ccccc1N1CCC2(CC1)OC(c1ccccc1)c1ccccc12. The molecule has 3 aromatic carbocycles. The zero-order valence-corrected chi connectivity index (χ0v) is 16.5. The van der Waals surface area contributed by atoms with E-state index in [0.29, 0.717) is 0 Å². The van der Waals surface area contributed by atoms with E-state index in [1.54, 1.807) is 0 Å². The Labute approximate surface area is 167 Å². The third-order valence-electron chi connectivity index (χ3n) is 6.46. The summed E-state index contributed by atoms with van der Waals surface area (Å²) in [7, 11) is 0. The molecule has 0 aromatic heterocycles. The van der Waals surface area contributed by atoms with Gasteiger partial charge < -0.3 is 9.64 Å². The molecule has 2 heterocycles. The Morgan fingerprint density at radius 1 is 0.857 bits per heavy atom. The van der Waals surface area contributed by atoms with E-state index in [1.807, 2.05) is 0 Å². The van der Waals surface area contributed by atoms with Crippen LogP contribution in [0.15, 0.2) is 78.9 Å². The summed E-state index contributed by atoms with van der Waals surface area (Å²) in [5.41, 5.74) is 6.67. The van der Waals surface area contributed by atoms with Gasteiger partial charge in [0.25, 0.3) is 0 Å². The molecule has 2 aliphatic rings. The van der Waals surface area contributed by atoms with E-state index >= 15 is 0 Å². The number of piperidine rings is 1. The standard InChI is InChI=1S/C26H27NO/c1-2-20-10-6-9-15-24(20)27-18-16-26(17-19-27)23-14-8-7-13-22(23)25(28-26)21-11-4-3-5-12-21/h3-15,25H,2,16-19H2,1H3. The maximum absolute atomic E-state index is 6.86. The van der Waals surface area contributed by atoms with Crippen molar-refractivity contribution < 1.29 is 4.74 Å². The summed E-state index contributed by atoms with van der Waals surface area (Å²) in [6, 6.07) is 28.3. The smallest absolute Gasteiger partial charge is 0.109 e. The number of ether oxygens (including phenoxy) is 1. The Balaban J connectivity index is 1.44. The summed E-state index contributed by atoms with van der Waals surface area (Å²) in [6.45, 7) is 4.31. The first-order valence-electron chi connectivity index (χ1n) is 10.5. The molecular weight excluding hydrogens is 342 g/mol. The zero-order valence-electron chi connectivity index (χ0n) is 16.5. The average Bonchev–Trinajstić information content (AvgIpc) is 3.09. The second-order valence-corrected chi connectivity index (χ2v) is 7.96. The van der Waals surface area contributed by atoms with Crippen LogP contribution in [0.5, 0.6) is 0 Å². The monoisotopic (exact) mass is 369 g/mol. The number of hydrogen-bond donors (Lipinski definition) is 0. The number of fused-ring (bicyclic) bond motifs is 2. The highest BCUT2D eigenvalue weighted by Gasteiger charge is 2.47. The van der Waals surface area contributed by atoms with Gasteiger partial charge in [-0.1, -0.05) is 79.7 Å². The second-order valence-electron chi connectivity index (χ2n) is 7.96. The van der Waals surface area contributed by atoms with Crippen molar-refractivity contribution in [3.05, 3.63) is 101 Å². The number of anilines is 1. The molecule has 28 heavy (non-hydrogen) atoms. The molecule has 1 atom stereocenters. The fraction of sp³-hybridized carbons (Fsp3) is 0.308. The van der Waals surface area contributed by atoms with Gasteiger partial charge >= 0.3 is 0 Å². The Morgan fingerprint density at radius 2 is 1.54 bits per heavy atom. The lowest BCUT2D eigenvalue weighted by Crippen LogP contribution is -2.43. The Hall–Kier alpha value is -2.58. The molecule has 0 bridgehead atoms. The first kappa shape index (κ1) is 17.5. The fourth-order valence-electron chi connectivity index (χ4n) is 4.98. The van der Waals surface area contributed by atoms with Crippen molar-refractivity contribution in [2.24, 2.45) is 0 Å². The molecule has 3 aromatic rings. The molecule has 142 valence electrons. The van der Waals surface area contributed by atoms with Gasteiger partial charge in [-0.05, 0) is 47.6 Å². The van der Waals surface area contributed by atoms with E-state index in [0.717, 1.165) is 32.4 Å². The fourth-order valence-corrected chi connectivity index (χ4v) is 4.98. The molecule has 1 saturated heterocycles. The van der Waals surface area contributed by atoms with Crippen LogP contribution in [-0.2, 0) is 16.8 Å². The van der Waals surface area contributed by atoms with Crippen LogP contribution in [0, 0.1) is 0 Å². The van der Waals surface area contributed by atoms with Gasteiger partial charge in [0.15, 0.2) is 0 Å². The van der Waals surface area contributed by atoms with Crippen LogP contribution in [-0.4, -0.2) is 13.1 Å². The minimum absolute atomic E-state index is 0.0480. The van der Waals surface area contributed by atoms with Crippen LogP contribution in [0.2, 0.25) is 0 Å². The molecule has 0 aliphatic carbocycles. The maximum atomic E-state index is 6.86. The normalized spacial score (nSPS) is 20.3. The van der Waals surface area contributed by atoms with Crippen molar-refractivity contribution in [1.82, 2.24) is 0 Å². The number of hydrogen-bond acceptors (Lipinski definition) is 2. The van der Waals surface area contributed by atoms with Gasteiger partial charge in [-0.3, -0.25) is 0 Å². The average molecular weight is 370 g/mol. The topological polar surface area (TPSA) is 12.5 Å². The van der Waals surface area contributed by atoms with Crippen LogP contribution in [0.4, 0.5) is 5.69 Å². The van der Waals surface area contributed by atoms with Crippen molar-refractivity contribution in [2.45, 2.75) is 37.9 Å². The van der Waals surface area contributed by atoms with E-state index in [4.69, 9.17) is 4.74 Å². The lowest BCUT2D eigenvalue weighted by atomic mass is 9.83. The predicted octanol–water partition coefficient (Wildman–Crippen LogP) is 5.86. The third-order valence-corrected chi connectivity index (χ3v) is 6.46. The van der Waals surface area contributed by atoms with E-state index in [2.05, 4.69) is 90.7 Å². The number of benzene rings is 3. The highest BCUT2D eigenvalue weighted by molar-refractivity contribution is 5.55. The first-order valence-corrected chi connectivity index (χ1v) is 10.5. The molecule has 2 heteroatoms. The van der Waals surface area contributed by atoms with Gasteiger partial charge in [0.2, 0.25) is 0 Å². The largest absolute Gasteiger partial charge is 0.371 e. The van der Waals surface area contributed by atoms with Crippen molar-refractivity contribution in [1.29, 1.82) is 0 Å². The number of rotatable bonds is 3. The molecule has 1 unspecified atom stereocenters.